The highest BCUT2D eigenvalue weighted by atomic mass is 19.1. The molecule has 1 fully saturated rings. The SMILES string of the molecule is C[C@@H]1C[C@H](N)CN(c2ccncc2CCc2ccc(F)c(-c3ccccc3F)n2)C1. The average molecular weight is 408 g/mol. The molecule has 6 heteroatoms. The first-order chi connectivity index (χ1) is 14.5. The van der Waals surface area contributed by atoms with Crippen LogP contribution in [0.1, 0.15) is 24.6 Å². The topological polar surface area (TPSA) is 55.0 Å². The van der Waals surface area contributed by atoms with Gasteiger partial charge in [-0.1, -0.05) is 19.1 Å². The number of rotatable bonds is 5. The zero-order valence-electron chi connectivity index (χ0n) is 17.1. The maximum Gasteiger partial charge on any atom is 0.149 e. The van der Waals surface area contributed by atoms with Crippen LogP contribution >= 0.6 is 0 Å². The smallest absolute Gasteiger partial charge is 0.149 e. The summed E-state index contributed by atoms with van der Waals surface area (Å²) in [7, 11) is 0. The maximum absolute atomic E-state index is 14.3. The van der Waals surface area contributed by atoms with Gasteiger partial charge in [0, 0.05) is 48.5 Å². The van der Waals surface area contributed by atoms with E-state index in [1.807, 2.05) is 12.3 Å². The highest BCUT2D eigenvalue weighted by Crippen LogP contribution is 2.27. The van der Waals surface area contributed by atoms with E-state index >= 15 is 0 Å². The lowest BCUT2D eigenvalue weighted by Crippen LogP contribution is -2.46. The molecule has 1 aliphatic heterocycles. The molecule has 0 radical (unpaired) electrons. The summed E-state index contributed by atoms with van der Waals surface area (Å²) in [6.07, 6.45) is 6.03. The number of nitrogens with zero attached hydrogens (tertiary/aromatic N) is 3. The van der Waals surface area contributed by atoms with E-state index in [1.165, 1.54) is 12.1 Å². The van der Waals surface area contributed by atoms with Crippen LogP contribution in [-0.4, -0.2) is 29.1 Å². The third kappa shape index (κ3) is 4.49. The fourth-order valence-electron chi connectivity index (χ4n) is 4.24. The minimum Gasteiger partial charge on any atom is -0.369 e. The van der Waals surface area contributed by atoms with Gasteiger partial charge in [0.25, 0.3) is 0 Å². The number of anilines is 1. The van der Waals surface area contributed by atoms with E-state index in [-0.39, 0.29) is 17.3 Å². The number of nitrogens with two attached hydrogens (primary N) is 1. The number of hydrogen-bond donors (Lipinski definition) is 1. The molecule has 4 rings (SSSR count). The van der Waals surface area contributed by atoms with Crippen molar-refractivity contribution in [3.05, 3.63) is 77.8 Å². The van der Waals surface area contributed by atoms with Gasteiger partial charge in [0.15, 0.2) is 0 Å². The van der Waals surface area contributed by atoms with Gasteiger partial charge in [-0.25, -0.2) is 13.8 Å². The molecule has 0 saturated carbocycles. The third-order valence-electron chi connectivity index (χ3n) is 5.59. The van der Waals surface area contributed by atoms with E-state index in [2.05, 4.69) is 21.8 Å². The summed E-state index contributed by atoms with van der Waals surface area (Å²) in [6.45, 7) is 4.02. The Hall–Kier alpha value is -2.86. The lowest BCUT2D eigenvalue weighted by molar-refractivity contribution is 0.401. The van der Waals surface area contributed by atoms with Gasteiger partial charge in [-0.2, -0.15) is 0 Å². The van der Waals surface area contributed by atoms with Gasteiger partial charge in [0.1, 0.15) is 17.3 Å². The highest BCUT2D eigenvalue weighted by Gasteiger charge is 2.24. The zero-order chi connectivity index (χ0) is 21.1. The van der Waals surface area contributed by atoms with Crippen molar-refractivity contribution in [3.63, 3.8) is 0 Å². The van der Waals surface area contributed by atoms with E-state index in [9.17, 15) is 8.78 Å². The van der Waals surface area contributed by atoms with Crippen LogP contribution in [0.5, 0.6) is 0 Å². The summed E-state index contributed by atoms with van der Waals surface area (Å²) >= 11 is 0. The first-order valence-corrected chi connectivity index (χ1v) is 10.3. The quantitative estimate of drug-likeness (QED) is 0.681. The summed E-state index contributed by atoms with van der Waals surface area (Å²) in [4.78, 5) is 11.0. The van der Waals surface area contributed by atoms with Gasteiger partial charge in [0.2, 0.25) is 0 Å². The second-order valence-corrected chi connectivity index (χ2v) is 8.12. The fraction of sp³-hybridized carbons (Fsp3) is 0.333. The molecule has 2 atom stereocenters. The molecule has 1 aliphatic rings. The Labute approximate surface area is 175 Å². The van der Waals surface area contributed by atoms with E-state index in [1.54, 1.807) is 30.5 Å². The highest BCUT2D eigenvalue weighted by molar-refractivity contribution is 5.60. The fourth-order valence-corrected chi connectivity index (χ4v) is 4.24. The van der Waals surface area contributed by atoms with E-state index in [4.69, 9.17) is 5.73 Å². The van der Waals surface area contributed by atoms with Crippen molar-refractivity contribution < 1.29 is 8.78 Å². The lowest BCUT2D eigenvalue weighted by Gasteiger charge is -2.37. The summed E-state index contributed by atoms with van der Waals surface area (Å²) < 4.78 is 28.5. The Morgan fingerprint density at radius 2 is 1.87 bits per heavy atom. The predicted octanol–water partition coefficient (Wildman–Crippen LogP) is 4.38. The maximum atomic E-state index is 14.3. The normalized spacial score (nSPS) is 19.1. The Bertz CT molecular complexity index is 1010. The van der Waals surface area contributed by atoms with Gasteiger partial charge in [-0.15, -0.1) is 0 Å². The Morgan fingerprint density at radius 1 is 1.03 bits per heavy atom. The molecular weight excluding hydrogens is 382 g/mol. The monoisotopic (exact) mass is 408 g/mol. The van der Waals surface area contributed by atoms with Crippen molar-refractivity contribution in [1.29, 1.82) is 0 Å². The molecule has 156 valence electrons. The van der Waals surface area contributed by atoms with Crippen LogP contribution in [0.3, 0.4) is 0 Å². The van der Waals surface area contributed by atoms with E-state index < -0.39 is 11.6 Å². The Morgan fingerprint density at radius 3 is 2.67 bits per heavy atom. The summed E-state index contributed by atoms with van der Waals surface area (Å²) in [5.41, 5.74) is 9.42. The second kappa shape index (κ2) is 8.88. The van der Waals surface area contributed by atoms with Crippen molar-refractivity contribution in [3.8, 4) is 11.3 Å². The summed E-state index contributed by atoms with van der Waals surface area (Å²) in [6, 6.07) is 11.3. The molecule has 3 aromatic rings. The minimum atomic E-state index is -0.526. The number of aryl methyl sites for hydroxylation is 2. The van der Waals surface area contributed by atoms with Crippen LogP contribution in [-0.2, 0) is 12.8 Å². The van der Waals surface area contributed by atoms with Crippen molar-refractivity contribution in [1.82, 2.24) is 9.97 Å². The number of halogens is 2. The Balaban J connectivity index is 1.55. The zero-order valence-corrected chi connectivity index (χ0v) is 17.1. The molecule has 2 aromatic heterocycles. The molecule has 3 heterocycles. The number of aromatic nitrogens is 2. The third-order valence-corrected chi connectivity index (χ3v) is 5.59. The standard InChI is InChI=1S/C24H26F2N4/c1-16-12-18(27)15-30(14-16)23-10-11-28-13-17(23)6-7-19-8-9-22(26)24(29-19)20-4-2-3-5-21(20)25/h2-5,8-11,13,16,18H,6-7,12,14-15,27H2,1H3/t16-,18+/m1/s1. The van der Waals surface area contributed by atoms with Gasteiger partial charge in [-0.3, -0.25) is 4.98 Å². The molecular formula is C24H26F2N4. The molecule has 0 aliphatic carbocycles. The molecule has 30 heavy (non-hydrogen) atoms. The van der Waals surface area contributed by atoms with Gasteiger partial charge in [0.05, 0.1) is 0 Å². The molecule has 0 amide bonds. The van der Waals surface area contributed by atoms with E-state index in [0.717, 1.165) is 30.8 Å². The van der Waals surface area contributed by atoms with Crippen molar-refractivity contribution >= 4 is 5.69 Å². The van der Waals surface area contributed by atoms with Gasteiger partial charge >= 0.3 is 0 Å². The Kier molecular flexibility index (Phi) is 6.04. The second-order valence-electron chi connectivity index (χ2n) is 8.12. The van der Waals surface area contributed by atoms with Crippen molar-refractivity contribution in [2.45, 2.75) is 32.2 Å². The number of hydrogen-bond acceptors (Lipinski definition) is 4. The van der Waals surface area contributed by atoms with Crippen LogP contribution in [0.25, 0.3) is 11.3 Å². The first-order valence-electron chi connectivity index (χ1n) is 10.3. The number of benzene rings is 1. The van der Waals surface area contributed by atoms with Gasteiger partial charge in [-0.05, 0) is 61.1 Å². The molecule has 0 bridgehead atoms. The number of piperidine rings is 1. The largest absolute Gasteiger partial charge is 0.369 e. The lowest BCUT2D eigenvalue weighted by atomic mass is 9.95. The van der Waals surface area contributed by atoms with Crippen LogP contribution in [0.2, 0.25) is 0 Å². The molecule has 1 saturated heterocycles. The summed E-state index contributed by atoms with van der Waals surface area (Å²) in [5, 5.41) is 0. The number of pyridine rings is 2. The van der Waals surface area contributed by atoms with Crippen LogP contribution in [0.4, 0.5) is 14.5 Å². The van der Waals surface area contributed by atoms with E-state index in [0.29, 0.717) is 24.5 Å². The summed E-state index contributed by atoms with van der Waals surface area (Å²) in [5.74, 6) is -0.467. The molecule has 1 aromatic carbocycles. The predicted molar refractivity (Wildman–Crippen MR) is 115 cm³/mol. The van der Waals surface area contributed by atoms with Crippen LogP contribution < -0.4 is 10.6 Å². The molecule has 4 nitrogen and oxygen atoms in total. The van der Waals surface area contributed by atoms with Crippen molar-refractivity contribution in [2.24, 2.45) is 11.7 Å². The van der Waals surface area contributed by atoms with Gasteiger partial charge < -0.3 is 10.6 Å². The average Bonchev–Trinajstić information content (AvgIpc) is 2.73. The molecule has 2 N–H and O–H groups in total. The molecule has 0 unspecified atom stereocenters. The van der Waals surface area contributed by atoms with Crippen LogP contribution in [0.15, 0.2) is 54.9 Å². The van der Waals surface area contributed by atoms with Crippen LogP contribution in [0, 0.1) is 17.6 Å². The minimum absolute atomic E-state index is 0.0489. The first kappa shape index (κ1) is 20.4. The molecule has 0 spiro atoms. The van der Waals surface area contributed by atoms with Crippen molar-refractivity contribution in [2.75, 3.05) is 18.0 Å².